The molecule has 1 aliphatic rings. The van der Waals surface area contributed by atoms with Gasteiger partial charge in [-0.25, -0.2) is 9.69 Å². The van der Waals surface area contributed by atoms with E-state index in [4.69, 9.17) is 16.3 Å². The van der Waals surface area contributed by atoms with Gasteiger partial charge < -0.3 is 10.1 Å². The van der Waals surface area contributed by atoms with E-state index in [1.54, 1.807) is 32.0 Å². The summed E-state index contributed by atoms with van der Waals surface area (Å²) in [5, 5.41) is 2.80. The van der Waals surface area contributed by atoms with Crippen molar-refractivity contribution in [3.05, 3.63) is 28.8 Å². The highest BCUT2D eigenvalue weighted by molar-refractivity contribution is 6.34. The Kier molecular flexibility index (Phi) is 5.71. The number of cyclic esters (lactones) is 1. The number of amides is 3. The number of hydrogen-bond acceptors (Lipinski definition) is 5. The van der Waals surface area contributed by atoms with E-state index in [1.807, 2.05) is 6.92 Å². The third-order valence-electron chi connectivity index (χ3n) is 4.50. The topological polar surface area (TPSA) is 92.8 Å². The molecule has 1 atom stereocenters. The number of aryl methyl sites for hydroxylation is 1. The van der Waals surface area contributed by atoms with E-state index >= 15 is 0 Å². The highest BCUT2D eigenvalue weighted by Crippen LogP contribution is 2.33. The Labute approximate surface area is 156 Å². The molecule has 0 spiro atoms. The van der Waals surface area contributed by atoms with Gasteiger partial charge in [0.25, 0.3) is 11.8 Å². The standard InChI is InChI=1S/C18H21ClN2O5/c1-5-18(6-2)16(24)21(17(25)26-18)14(11(4)22)15(23)20-13-9-10(3)7-8-12(13)19/h7-9,14H,5-6H2,1-4H3,(H,20,23). The summed E-state index contributed by atoms with van der Waals surface area (Å²) in [4.78, 5) is 50.4. The second-order valence-corrected chi connectivity index (χ2v) is 6.64. The molecule has 0 radical (unpaired) electrons. The Morgan fingerprint density at radius 1 is 1.27 bits per heavy atom. The lowest BCUT2D eigenvalue weighted by atomic mass is 9.95. The molecular formula is C18H21ClN2O5. The third kappa shape index (κ3) is 3.44. The van der Waals surface area contributed by atoms with Crippen molar-refractivity contribution in [2.24, 2.45) is 0 Å². The van der Waals surface area contributed by atoms with Crippen LogP contribution in [0.4, 0.5) is 10.5 Å². The number of nitrogens with zero attached hydrogens (tertiary/aromatic N) is 1. The van der Waals surface area contributed by atoms with Gasteiger partial charge in [0.1, 0.15) is 0 Å². The first-order chi connectivity index (χ1) is 12.2. The molecule has 1 saturated heterocycles. The van der Waals surface area contributed by atoms with Crippen LogP contribution in [0.5, 0.6) is 0 Å². The molecule has 1 aromatic rings. The first-order valence-electron chi connectivity index (χ1n) is 8.31. The van der Waals surface area contributed by atoms with Crippen LogP contribution in [0.3, 0.4) is 0 Å². The van der Waals surface area contributed by atoms with Crippen LogP contribution in [-0.2, 0) is 19.1 Å². The zero-order valence-electron chi connectivity index (χ0n) is 15.1. The van der Waals surface area contributed by atoms with Crippen molar-refractivity contribution in [3.8, 4) is 0 Å². The fraction of sp³-hybridized carbons (Fsp3) is 0.444. The van der Waals surface area contributed by atoms with Crippen molar-refractivity contribution in [1.82, 2.24) is 4.90 Å². The maximum Gasteiger partial charge on any atom is 0.418 e. The molecule has 1 aromatic carbocycles. The molecule has 3 amide bonds. The predicted molar refractivity (Wildman–Crippen MR) is 95.9 cm³/mol. The van der Waals surface area contributed by atoms with Crippen molar-refractivity contribution >= 4 is 41.0 Å². The zero-order valence-corrected chi connectivity index (χ0v) is 15.8. The van der Waals surface area contributed by atoms with Gasteiger partial charge in [0.05, 0.1) is 10.7 Å². The first-order valence-corrected chi connectivity index (χ1v) is 8.68. The summed E-state index contributed by atoms with van der Waals surface area (Å²) in [7, 11) is 0. The molecule has 1 N–H and O–H groups in total. The number of carbonyl (C=O) groups is 4. The molecule has 2 rings (SSSR count). The number of rotatable bonds is 6. The normalized spacial score (nSPS) is 17.0. The van der Waals surface area contributed by atoms with Gasteiger partial charge in [-0.1, -0.05) is 31.5 Å². The van der Waals surface area contributed by atoms with Crippen LogP contribution in [0.2, 0.25) is 5.02 Å². The lowest BCUT2D eigenvalue weighted by Crippen LogP contribution is -2.53. The van der Waals surface area contributed by atoms with Crippen molar-refractivity contribution in [3.63, 3.8) is 0 Å². The van der Waals surface area contributed by atoms with Crippen molar-refractivity contribution in [2.75, 3.05) is 5.32 Å². The van der Waals surface area contributed by atoms with E-state index in [-0.39, 0.29) is 17.9 Å². The summed E-state index contributed by atoms with van der Waals surface area (Å²) in [5.41, 5.74) is -0.205. The van der Waals surface area contributed by atoms with Crippen molar-refractivity contribution in [2.45, 2.75) is 52.2 Å². The Bertz CT molecular complexity index is 773. The maximum absolute atomic E-state index is 12.7. The average molecular weight is 381 g/mol. The average Bonchev–Trinajstić information content (AvgIpc) is 2.83. The Hall–Kier alpha value is -2.41. The molecule has 1 unspecified atom stereocenters. The predicted octanol–water partition coefficient (Wildman–Crippen LogP) is 3.08. The number of nitrogens with one attached hydrogen (secondary N) is 1. The Morgan fingerprint density at radius 2 is 1.88 bits per heavy atom. The number of benzene rings is 1. The molecule has 26 heavy (non-hydrogen) atoms. The maximum atomic E-state index is 12.7. The van der Waals surface area contributed by atoms with Crippen LogP contribution >= 0.6 is 11.6 Å². The van der Waals surface area contributed by atoms with E-state index < -0.39 is 35.3 Å². The van der Waals surface area contributed by atoms with Gasteiger partial charge in [-0.3, -0.25) is 14.4 Å². The summed E-state index contributed by atoms with van der Waals surface area (Å²) in [5.74, 6) is -2.16. The summed E-state index contributed by atoms with van der Waals surface area (Å²) in [6.45, 7) is 6.36. The summed E-state index contributed by atoms with van der Waals surface area (Å²) in [6, 6.07) is 3.37. The second kappa shape index (κ2) is 7.45. The van der Waals surface area contributed by atoms with Gasteiger partial charge in [0.15, 0.2) is 17.4 Å². The van der Waals surface area contributed by atoms with Gasteiger partial charge in [-0.15, -0.1) is 0 Å². The van der Waals surface area contributed by atoms with Crippen LogP contribution in [0.1, 0.15) is 39.2 Å². The van der Waals surface area contributed by atoms with E-state index in [1.165, 1.54) is 0 Å². The van der Waals surface area contributed by atoms with Crippen molar-refractivity contribution < 1.29 is 23.9 Å². The summed E-state index contributed by atoms with van der Waals surface area (Å²) >= 11 is 6.06. The summed E-state index contributed by atoms with van der Waals surface area (Å²) < 4.78 is 5.23. The van der Waals surface area contributed by atoms with Gasteiger partial charge in [0, 0.05) is 0 Å². The molecule has 1 fully saturated rings. The number of anilines is 1. The lowest BCUT2D eigenvalue weighted by molar-refractivity contribution is -0.144. The highest BCUT2D eigenvalue weighted by Gasteiger charge is 2.56. The molecule has 0 bridgehead atoms. The molecule has 1 aliphatic heterocycles. The van der Waals surface area contributed by atoms with Gasteiger partial charge in [-0.2, -0.15) is 0 Å². The molecule has 0 saturated carbocycles. The molecular weight excluding hydrogens is 360 g/mol. The number of carbonyl (C=O) groups excluding carboxylic acids is 4. The Balaban J connectivity index is 2.35. The van der Waals surface area contributed by atoms with E-state index in [0.717, 1.165) is 12.5 Å². The molecule has 8 heteroatoms. The SMILES string of the molecule is CCC1(CC)OC(=O)N(C(C(C)=O)C(=O)Nc2cc(C)ccc2Cl)C1=O. The fourth-order valence-corrected chi connectivity index (χ4v) is 3.07. The van der Waals surface area contributed by atoms with E-state index in [2.05, 4.69) is 5.32 Å². The quantitative estimate of drug-likeness (QED) is 0.765. The first kappa shape index (κ1) is 19.9. The van der Waals surface area contributed by atoms with Crippen LogP contribution < -0.4 is 5.32 Å². The van der Waals surface area contributed by atoms with Gasteiger partial charge >= 0.3 is 6.09 Å². The van der Waals surface area contributed by atoms with E-state index in [0.29, 0.717) is 10.6 Å². The monoisotopic (exact) mass is 380 g/mol. The number of halogens is 1. The minimum absolute atomic E-state index is 0.251. The van der Waals surface area contributed by atoms with Crippen LogP contribution in [0.15, 0.2) is 18.2 Å². The third-order valence-corrected chi connectivity index (χ3v) is 4.83. The Morgan fingerprint density at radius 3 is 2.38 bits per heavy atom. The minimum atomic E-state index is -1.62. The molecule has 7 nitrogen and oxygen atoms in total. The van der Waals surface area contributed by atoms with Crippen LogP contribution in [0.25, 0.3) is 0 Å². The number of ketones is 1. The van der Waals surface area contributed by atoms with E-state index in [9.17, 15) is 19.2 Å². The summed E-state index contributed by atoms with van der Waals surface area (Å²) in [6.07, 6.45) is -0.495. The second-order valence-electron chi connectivity index (χ2n) is 6.23. The largest absolute Gasteiger partial charge is 0.432 e. The zero-order chi connectivity index (χ0) is 19.6. The number of imide groups is 1. The van der Waals surface area contributed by atoms with Crippen molar-refractivity contribution in [1.29, 1.82) is 0 Å². The fourth-order valence-electron chi connectivity index (χ4n) is 2.90. The van der Waals surface area contributed by atoms with Gasteiger partial charge in [-0.05, 0) is 44.4 Å². The number of hydrogen-bond donors (Lipinski definition) is 1. The molecule has 0 aliphatic carbocycles. The number of ether oxygens (including phenoxy) is 1. The highest BCUT2D eigenvalue weighted by atomic mass is 35.5. The number of Topliss-reactive ketones (excluding diaryl/α,β-unsaturated/α-hetero) is 1. The van der Waals surface area contributed by atoms with Crippen LogP contribution in [-0.4, -0.2) is 40.2 Å². The smallest absolute Gasteiger partial charge is 0.418 e. The molecule has 1 heterocycles. The van der Waals surface area contributed by atoms with Crippen LogP contribution in [0, 0.1) is 6.92 Å². The molecule has 0 aromatic heterocycles. The molecule has 140 valence electrons. The minimum Gasteiger partial charge on any atom is -0.432 e. The van der Waals surface area contributed by atoms with Gasteiger partial charge in [0.2, 0.25) is 0 Å². The lowest BCUT2D eigenvalue weighted by Gasteiger charge is -2.24.